The van der Waals surface area contributed by atoms with E-state index in [1.807, 2.05) is 0 Å². The summed E-state index contributed by atoms with van der Waals surface area (Å²) >= 11 is 0. The van der Waals surface area contributed by atoms with Gasteiger partial charge >= 0.3 is 0 Å². The second kappa shape index (κ2) is 10.8. The zero-order valence-electron chi connectivity index (χ0n) is 25.8. The molecule has 9 atom stereocenters. The fourth-order valence-corrected chi connectivity index (χ4v) is 11.1. The van der Waals surface area contributed by atoms with Crippen LogP contribution in [0.5, 0.6) is 0 Å². The summed E-state index contributed by atoms with van der Waals surface area (Å²) in [5.74, 6) is 5.15. The van der Waals surface area contributed by atoms with Crippen molar-refractivity contribution in [2.75, 3.05) is 32.8 Å². The van der Waals surface area contributed by atoms with Gasteiger partial charge in [-0.15, -0.1) is 0 Å². The first-order valence-corrected chi connectivity index (χ1v) is 16.6. The first-order valence-electron chi connectivity index (χ1n) is 16.6. The number of ether oxygens (including phenoxy) is 1. The molecule has 3 N–H and O–H groups in total. The summed E-state index contributed by atoms with van der Waals surface area (Å²) in [6.07, 6.45) is 16.7. The van der Waals surface area contributed by atoms with Crippen LogP contribution in [0.2, 0.25) is 0 Å². The van der Waals surface area contributed by atoms with Gasteiger partial charge in [-0.2, -0.15) is 0 Å². The minimum atomic E-state index is -0.692. The van der Waals surface area contributed by atoms with Crippen LogP contribution in [-0.2, 0) is 4.74 Å². The Bertz CT molecular complexity index is 863. The Morgan fingerprint density at radius 3 is 2.42 bits per heavy atom. The molecule has 4 heteroatoms. The molecular formula is C34H61N2O2+. The van der Waals surface area contributed by atoms with Crippen molar-refractivity contribution < 1.29 is 14.3 Å². The topological polar surface area (TPSA) is 55.5 Å². The summed E-state index contributed by atoms with van der Waals surface area (Å²) in [6.45, 7) is 18.9. The maximum Gasteiger partial charge on any atom is 0.204 e. The smallest absolute Gasteiger partial charge is 0.204 e. The third kappa shape index (κ3) is 4.86. The number of nitrogens with two attached hydrogens (primary N) is 1. The predicted molar refractivity (Wildman–Crippen MR) is 157 cm³/mol. The zero-order valence-corrected chi connectivity index (χ0v) is 25.8. The summed E-state index contributed by atoms with van der Waals surface area (Å²) in [5.41, 5.74) is 8.07. The molecule has 0 aromatic heterocycles. The van der Waals surface area contributed by atoms with Crippen molar-refractivity contribution in [2.45, 2.75) is 124 Å². The van der Waals surface area contributed by atoms with Gasteiger partial charge < -0.3 is 15.6 Å². The highest BCUT2D eigenvalue weighted by Crippen LogP contribution is 2.68. The lowest BCUT2D eigenvalue weighted by Gasteiger charge is -2.61. The molecule has 0 bridgehead atoms. The summed E-state index contributed by atoms with van der Waals surface area (Å²) in [5, 5.41) is 12.4. The minimum Gasteiger partial charge on any atom is -0.370 e. The normalized spacial score (nSPS) is 44.1. The maximum atomic E-state index is 12.4. The van der Waals surface area contributed by atoms with Crippen LogP contribution in [0.25, 0.3) is 0 Å². The van der Waals surface area contributed by atoms with Crippen molar-refractivity contribution in [3.8, 4) is 0 Å². The van der Waals surface area contributed by atoms with E-state index < -0.39 is 5.72 Å². The van der Waals surface area contributed by atoms with Crippen LogP contribution in [0.4, 0.5) is 0 Å². The van der Waals surface area contributed by atoms with E-state index >= 15 is 0 Å². The van der Waals surface area contributed by atoms with Crippen molar-refractivity contribution in [3.05, 3.63) is 11.6 Å². The Kier molecular flexibility index (Phi) is 8.24. The van der Waals surface area contributed by atoms with Crippen LogP contribution >= 0.6 is 0 Å². The number of aliphatic hydroxyl groups is 1. The Hall–Kier alpha value is -0.420. The van der Waals surface area contributed by atoms with Crippen molar-refractivity contribution in [3.63, 3.8) is 0 Å². The van der Waals surface area contributed by atoms with Gasteiger partial charge in [-0.25, -0.2) is 0 Å². The van der Waals surface area contributed by atoms with E-state index in [9.17, 15) is 5.11 Å². The molecule has 4 fully saturated rings. The molecule has 4 aliphatic carbocycles. The van der Waals surface area contributed by atoms with E-state index in [0.717, 1.165) is 92.1 Å². The van der Waals surface area contributed by atoms with Crippen LogP contribution in [0.3, 0.4) is 0 Å². The molecule has 4 nitrogen and oxygen atoms in total. The quantitative estimate of drug-likeness (QED) is 0.265. The van der Waals surface area contributed by atoms with Crippen LogP contribution < -0.4 is 5.73 Å². The van der Waals surface area contributed by atoms with Gasteiger partial charge in [0.2, 0.25) is 5.72 Å². The number of rotatable bonds is 8. The van der Waals surface area contributed by atoms with E-state index in [0.29, 0.717) is 5.41 Å². The van der Waals surface area contributed by atoms with E-state index in [4.69, 9.17) is 10.5 Å². The molecule has 5 aliphatic rings. The highest BCUT2D eigenvalue weighted by Gasteiger charge is 2.62. The first-order chi connectivity index (χ1) is 17.9. The second-order valence-corrected chi connectivity index (χ2v) is 15.8. The van der Waals surface area contributed by atoms with Gasteiger partial charge in [-0.05, 0) is 91.8 Å². The number of fused-ring (bicyclic) bond motifs is 5. The fourth-order valence-electron chi connectivity index (χ4n) is 11.1. The Morgan fingerprint density at radius 2 is 1.74 bits per heavy atom. The SMILES string of the molecule is CC(C)CCC[C@@H](C)[C@H]1CC[C@H]2[C@@H]3CC=C4CC(O)([N+]5(CC(C)N)CCOCC5)CC[C@]4(C)[C@H]3CC[C@]12C. The van der Waals surface area contributed by atoms with Gasteiger partial charge in [-0.3, -0.25) is 4.48 Å². The van der Waals surface area contributed by atoms with E-state index in [-0.39, 0.29) is 11.5 Å². The highest BCUT2D eigenvalue weighted by molar-refractivity contribution is 5.26. The maximum absolute atomic E-state index is 12.4. The van der Waals surface area contributed by atoms with E-state index in [2.05, 4.69) is 47.6 Å². The summed E-state index contributed by atoms with van der Waals surface area (Å²) in [6, 6.07) is 0.0919. The number of nitrogens with zero attached hydrogens (tertiary/aromatic N) is 1. The third-order valence-electron chi connectivity index (χ3n) is 13.2. The lowest BCUT2D eigenvalue weighted by Crippen LogP contribution is -2.72. The van der Waals surface area contributed by atoms with Crippen LogP contribution in [0.1, 0.15) is 112 Å². The lowest BCUT2D eigenvalue weighted by atomic mass is 9.46. The summed E-state index contributed by atoms with van der Waals surface area (Å²) in [7, 11) is 0. The van der Waals surface area contributed by atoms with Crippen molar-refractivity contribution in [2.24, 2.45) is 52.1 Å². The van der Waals surface area contributed by atoms with E-state index in [1.54, 1.807) is 5.57 Å². The van der Waals surface area contributed by atoms with Crippen LogP contribution in [0, 0.1) is 46.3 Å². The van der Waals surface area contributed by atoms with Crippen molar-refractivity contribution in [1.29, 1.82) is 0 Å². The van der Waals surface area contributed by atoms with Gasteiger partial charge in [0, 0.05) is 6.42 Å². The van der Waals surface area contributed by atoms with Gasteiger partial charge in [-0.1, -0.05) is 65.5 Å². The van der Waals surface area contributed by atoms with Gasteiger partial charge in [0.15, 0.2) is 0 Å². The average molecular weight is 530 g/mol. The van der Waals surface area contributed by atoms with E-state index in [1.165, 1.54) is 51.4 Å². The Morgan fingerprint density at radius 1 is 1.00 bits per heavy atom. The van der Waals surface area contributed by atoms with Gasteiger partial charge in [0.25, 0.3) is 0 Å². The molecule has 0 amide bonds. The number of hydrogen-bond acceptors (Lipinski definition) is 3. The molecule has 0 aromatic carbocycles. The molecular weight excluding hydrogens is 468 g/mol. The molecule has 1 heterocycles. The van der Waals surface area contributed by atoms with Crippen LogP contribution in [-0.4, -0.2) is 54.2 Å². The predicted octanol–water partition coefficient (Wildman–Crippen LogP) is 6.91. The minimum absolute atomic E-state index is 0.0919. The van der Waals surface area contributed by atoms with Gasteiger partial charge in [0.1, 0.15) is 13.1 Å². The Balaban J connectivity index is 1.33. The third-order valence-corrected chi connectivity index (χ3v) is 13.2. The first kappa shape index (κ1) is 29.1. The fraction of sp³-hybridized carbons (Fsp3) is 0.941. The summed E-state index contributed by atoms with van der Waals surface area (Å²) in [4.78, 5) is 0. The van der Waals surface area contributed by atoms with Crippen molar-refractivity contribution >= 4 is 0 Å². The lowest BCUT2D eigenvalue weighted by molar-refractivity contribution is -1.01. The molecule has 0 spiro atoms. The molecule has 38 heavy (non-hydrogen) atoms. The summed E-state index contributed by atoms with van der Waals surface area (Å²) < 4.78 is 6.50. The standard InChI is InChI=1S/C34H61N2O2/c1-24(2)8-7-9-25(3)29-12-13-30-28-11-10-27-22-34(37,36(23-26(4)35)18-20-38-21-19-36)17-16-32(27,5)31(28)14-15-33(29,30)6/h10,24-26,28-31,37H,7-9,11-23,35H2,1-6H3/q+1/t25-,26?,28+,29-,30+,31+,32+,33-,34?/m1/s1. The molecule has 3 saturated carbocycles. The largest absolute Gasteiger partial charge is 0.370 e. The van der Waals surface area contributed by atoms with Crippen LogP contribution in [0.15, 0.2) is 11.6 Å². The zero-order chi connectivity index (χ0) is 27.3. The molecule has 0 aromatic rings. The second-order valence-electron chi connectivity index (χ2n) is 15.8. The van der Waals surface area contributed by atoms with Crippen molar-refractivity contribution in [1.82, 2.24) is 0 Å². The molecule has 218 valence electrons. The molecule has 2 unspecified atom stereocenters. The molecule has 1 saturated heterocycles. The van der Waals surface area contributed by atoms with Gasteiger partial charge in [0.05, 0.1) is 32.2 Å². The molecule has 1 aliphatic heterocycles. The molecule has 0 radical (unpaired) electrons. The average Bonchev–Trinajstić information content (AvgIpc) is 3.22. The Labute approximate surface area is 234 Å². The molecule has 5 rings (SSSR count). The monoisotopic (exact) mass is 529 g/mol. The number of allylic oxidation sites excluding steroid dienone is 1. The highest BCUT2D eigenvalue weighted by atomic mass is 16.5. The number of quaternary nitrogens is 1. The number of hydrogen-bond donors (Lipinski definition) is 2. The number of morpholine rings is 1.